The molecule has 2 saturated heterocycles. The van der Waals surface area contributed by atoms with Gasteiger partial charge in [-0.3, -0.25) is 0 Å². The molecule has 8 aromatic rings. The zero-order valence-electron chi connectivity index (χ0n) is 69.1. The molecule has 0 unspecified atom stereocenters. The number of carbonyl (C=O) groups is 4. The number of esters is 4. The van der Waals surface area contributed by atoms with Crippen molar-refractivity contribution in [1.82, 2.24) is 21.3 Å². The summed E-state index contributed by atoms with van der Waals surface area (Å²) in [6.07, 6.45) is 15.5. The Bertz CT molecular complexity index is 3750. The minimum Gasteiger partial charge on any atom is -0.872 e. The Morgan fingerprint density at radius 1 is 0.304 bits per heavy atom. The fraction of sp³-hybridized carbons (Fsp3) is 0.435. The van der Waals surface area contributed by atoms with Crippen LogP contribution in [0, 0.1) is 83.1 Å². The maximum absolute atomic E-state index is 12.0. The first-order valence-corrected chi connectivity index (χ1v) is 38.6. The van der Waals surface area contributed by atoms with Crippen molar-refractivity contribution < 1.29 is 107 Å². The smallest absolute Gasteiger partial charge is 0.872 e. The molecular weight excluding hydrogens is 1520 g/mol. The Morgan fingerprint density at radius 3 is 0.634 bits per heavy atom. The average Bonchev–Trinajstić information content (AvgIpc) is 1.74. The third-order valence-electron chi connectivity index (χ3n) is 20.9. The van der Waals surface area contributed by atoms with E-state index in [0.29, 0.717) is 24.2 Å². The molecule has 0 spiro atoms. The molecule has 0 radical (unpaired) electrons. The van der Waals surface area contributed by atoms with Crippen LogP contribution in [0.25, 0.3) is 22.3 Å². The maximum atomic E-state index is 12.0. The molecule has 0 bridgehead atoms. The van der Waals surface area contributed by atoms with Gasteiger partial charge in [-0.1, -0.05) is 121 Å². The van der Waals surface area contributed by atoms with Crippen LogP contribution in [0.2, 0.25) is 0 Å². The van der Waals surface area contributed by atoms with Crippen LogP contribution in [0.3, 0.4) is 0 Å². The Kier molecular flexibility index (Phi) is 40.1. The second-order valence-electron chi connectivity index (χ2n) is 29.5. The van der Waals surface area contributed by atoms with Crippen molar-refractivity contribution in [3.63, 3.8) is 0 Å². The summed E-state index contributed by atoms with van der Waals surface area (Å²) in [6.45, 7) is 34.6. The Balaban J connectivity index is 0.000000255. The number of ether oxygens (including phenoxy) is 6. The van der Waals surface area contributed by atoms with E-state index in [2.05, 4.69) is 172 Å². The van der Waals surface area contributed by atoms with Gasteiger partial charge in [0, 0.05) is 76.8 Å². The molecule has 2 heterocycles. The maximum Gasteiger partial charge on any atom is 2.00 e. The van der Waals surface area contributed by atoms with Gasteiger partial charge in [-0.15, -0.1) is 23.0 Å². The molecule has 2 saturated carbocycles. The van der Waals surface area contributed by atoms with Crippen LogP contribution in [0.5, 0.6) is 23.0 Å². The quantitative estimate of drug-likeness (QED) is 0.0353. The van der Waals surface area contributed by atoms with Gasteiger partial charge in [-0.05, 0) is 272 Å². The predicted molar refractivity (Wildman–Crippen MR) is 429 cm³/mol. The van der Waals surface area contributed by atoms with E-state index in [9.17, 15) is 39.6 Å². The first-order valence-electron chi connectivity index (χ1n) is 38.6. The second kappa shape index (κ2) is 47.5. The van der Waals surface area contributed by atoms with Crippen LogP contribution < -0.4 is 41.7 Å². The zero-order chi connectivity index (χ0) is 80.1. The van der Waals surface area contributed by atoms with Crippen molar-refractivity contribution in [2.24, 2.45) is 0 Å². The van der Waals surface area contributed by atoms with Gasteiger partial charge in [0.15, 0.2) is 0 Å². The van der Waals surface area contributed by atoms with Crippen molar-refractivity contribution in [1.29, 1.82) is 0 Å². The van der Waals surface area contributed by atoms with Crippen molar-refractivity contribution >= 4 is 23.9 Å². The molecule has 0 amide bonds. The van der Waals surface area contributed by atoms with E-state index in [4.69, 9.17) is 9.47 Å². The number of carbonyl (C=O) groups excluding carboxylic acids is 4. The first-order chi connectivity index (χ1) is 52.6. The predicted octanol–water partition coefficient (Wildman–Crippen LogP) is 15.2. The number of nitrogens with one attached hydrogen (secondary N) is 4. The molecule has 4 atom stereocenters. The summed E-state index contributed by atoms with van der Waals surface area (Å²) in [4.78, 5) is 46.2. The van der Waals surface area contributed by atoms with Gasteiger partial charge in [-0.25, -0.2) is 19.2 Å². The normalized spacial score (nSPS) is 16.0. The molecule has 2 aliphatic carbocycles. The van der Waals surface area contributed by atoms with Crippen LogP contribution >= 0.6 is 0 Å². The minimum atomic E-state index is -0.627. The summed E-state index contributed by atoms with van der Waals surface area (Å²) in [7, 11) is 4.85. The minimum absolute atomic E-state index is 0. The summed E-state index contributed by atoms with van der Waals surface area (Å²) in [5.41, 5.74) is 23.3. The van der Waals surface area contributed by atoms with Crippen LogP contribution in [0.15, 0.2) is 121 Å². The molecule has 112 heavy (non-hydrogen) atoms. The number of methoxy groups -OCH3 is 4. The molecule has 20 heteroatoms. The first kappa shape index (κ1) is 94.4. The van der Waals surface area contributed by atoms with Crippen molar-refractivity contribution in [2.45, 2.75) is 210 Å². The van der Waals surface area contributed by atoms with Crippen LogP contribution in [0.1, 0.15) is 207 Å². The van der Waals surface area contributed by atoms with E-state index in [-0.39, 0.29) is 83.5 Å². The number of rotatable bonds is 18. The molecule has 12 rings (SSSR count). The Hall–Kier alpha value is -8.15. The summed E-state index contributed by atoms with van der Waals surface area (Å²) in [5, 5.41) is 63.5. The van der Waals surface area contributed by atoms with E-state index < -0.39 is 46.9 Å². The summed E-state index contributed by atoms with van der Waals surface area (Å²) in [5.74, 6) is -4.26. The van der Waals surface area contributed by atoms with Crippen LogP contribution in [0.4, 0.5) is 0 Å². The summed E-state index contributed by atoms with van der Waals surface area (Å²) >= 11 is 0. The van der Waals surface area contributed by atoms with Gasteiger partial charge in [0.05, 0.1) is 50.7 Å². The number of hydrogen-bond donors (Lipinski definition) is 4. The summed E-state index contributed by atoms with van der Waals surface area (Å²) < 4.78 is 28.2. The Labute approximate surface area is 690 Å². The molecule has 592 valence electrons. The summed E-state index contributed by atoms with van der Waals surface area (Å²) in [6, 6.07) is 35.7. The van der Waals surface area contributed by atoms with Crippen molar-refractivity contribution in [2.75, 3.05) is 54.9 Å². The average molecular weight is 1630 g/mol. The molecule has 4 fully saturated rings. The SMILES string of the molecule is C1CCOC1.C1CCOC1.COC(=O)c1ccc([O-])c(-c2cc(C(=O)OC)ccc2[O-])c1.COC(=O)c1ccc([O-])c(-c2cc(C(=O)OC)ccc2[O-])c1.Cc1cc(C)c(CN[C@@H]2CCCC[C@H]2NCc2c(C)cc(C)cc2C)c(C)c1.Cc1cc(C)c(CN[C@@H]2CCCC[C@H]2NCc2c(C)cc(C)cc2C)c(C)c1.[Zn+2].[Zn+2]. The van der Waals surface area contributed by atoms with E-state index in [1.54, 1.807) is 0 Å². The van der Waals surface area contributed by atoms with Gasteiger partial charge in [-0.2, -0.15) is 0 Å². The van der Waals surface area contributed by atoms with E-state index in [1.165, 1.54) is 267 Å². The van der Waals surface area contributed by atoms with E-state index >= 15 is 0 Å². The second-order valence-corrected chi connectivity index (χ2v) is 29.5. The van der Waals surface area contributed by atoms with Crippen LogP contribution in [-0.2, 0) is 93.6 Å². The molecule has 18 nitrogen and oxygen atoms in total. The van der Waals surface area contributed by atoms with Crippen LogP contribution in [-0.4, -0.2) is 103 Å². The molecule has 4 N–H and O–H groups in total. The van der Waals surface area contributed by atoms with Gasteiger partial charge in [0.1, 0.15) is 0 Å². The van der Waals surface area contributed by atoms with Crippen molar-refractivity contribution in [3.05, 3.63) is 233 Å². The third kappa shape index (κ3) is 28.1. The fourth-order valence-electron chi connectivity index (χ4n) is 15.1. The van der Waals surface area contributed by atoms with Gasteiger partial charge in [0.2, 0.25) is 0 Å². The fourth-order valence-corrected chi connectivity index (χ4v) is 15.1. The van der Waals surface area contributed by atoms with Gasteiger partial charge >= 0.3 is 62.8 Å². The Morgan fingerprint density at radius 2 is 0.482 bits per heavy atom. The molecule has 0 aromatic heterocycles. The zero-order valence-corrected chi connectivity index (χ0v) is 75.1. The standard InChI is InChI=1S/2C26H38N2.2C16H14O6.2C4H8O.2Zn/c2*1-17-11-19(3)23(20(4)12-17)15-27-25-9-7-8-10-26(25)28-16-24-21(5)13-18(2)14-22(24)6;2*1-21-15(19)9-3-5-13(17)11(7-9)12-8-10(16(20)22-2)4-6-14(12)18;2*1-2-4-5-3-1;;/h2*11-14,25-28H,7-10,15-16H2,1-6H3;2*3-8,17-18H,1-2H3;2*1-4H2;;/q;;;;;;2*+2/p-4/t2*25-,26-;;;;;;/m11....../s1. The van der Waals surface area contributed by atoms with Gasteiger partial charge in [0.25, 0.3) is 0 Å². The monoisotopic (exact) mass is 1630 g/mol. The molecule has 8 aromatic carbocycles. The van der Waals surface area contributed by atoms with Crippen molar-refractivity contribution in [3.8, 4) is 45.3 Å². The molecule has 4 aliphatic rings. The van der Waals surface area contributed by atoms with E-state index in [1.807, 2.05) is 0 Å². The number of aryl methyl sites for hydroxylation is 12. The molecule has 2 aliphatic heterocycles. The van der Waals surface area contributed by atoms with Gasteiger partial charge < -0.3 is 70.1 Å². The number of hydrogen-bond acceptors (Lipinski definition) is 18. The number of benzene rings is 8. The molecular formula is C92H116N4O14Zn2. The van der Waals surface area contributed by atoms with E-state index in [0.717, 1.165) is 52.6 Å². The third-order valence-corrected chi connectivity index (χ3v) is 20.9. The largest absolute Gasteiger partial charge is 2.00 e. The topological polar surface area (TPSA) is 264 Å².